The number of halogens is 1. The number of carbonyl (C=O) groups excluding carboxylic acids is 2. The van der Waals surface area contributed by atoms with Crippen LogP contribution in [0.15, 0.2) is 66.0 Å². The van der Waals surface area contributed by atoms with Crippen molar-refractivity contribution in [2.24, 2.45) is 0 Å². The molecule has 5 nitrogen and oxygen atoms in total. The van der Waals surface area contributed by atoms with Crippen LogP contribution in [-0.4, -0.2) is 65.8 Å². The lowest BCUT2D eigenvalue weighted by molar-refractivity contribution is -0.134. The molecule has 1 atom stereocenters. The van der Waals surface area contributed by atoms with Gasteiger partial charge in [0, 0.05) is 48.2 Å². The molecule has 1 fully saturated rings. The Bertz CT molecular complexity index is 1140. The fourth-order valence-electron chi connectivity index (χ4n) is 4.80. The number of hydrogen-bond donors (Lipinski definition) is 0. The van der Waals surface area contributed by atoms with Gasteiger partial charge in [0.15, 0.2) is 0 Å². The van der Waals surface area contributed by atoms with Crippen LogP contribution in [0, 0.1) is 0 Å². The molecule has 0 spiro atoms. The Morgan fingerprint density at radius 3 is 2.42 bits per heavy atom. The third-order valence-corrected chi connectivity index (χ3v) is 7.74. The second-order valence-electron chi connectivity index (χ2n) is 8.52. The van der Waals surface area contributed by atoms with Gasteiger partial charge in [-0.2, -0.15) is 0 Å². The zero-order chi connectivity index (χ0) is 22.8. The lowest BCUT2D eigenvalue weighted by Gasteiger charge is -2.39. The normalized spacial score (nSPS) is 18.8. The van der Waals surface area contributed by atoms with Crippen LogP contribution in [0.3, 0.4) is 0 Å². The maximum atomic E-state index is 13.3. The highest BCUT2D eigenvalue weighted by Crippen LogP contribution is 2.37. The lowest BCUT2D eigenvalue weighted by atomic mass is 9.93. The summed E-state index contributed by atoms with van der Waals surface area (Å²) in [6.07, 6.45) is 0.978. The Morgan fingerprint density at radius 1 is 0.909 bits per heavy atom. The van der Waals surface area contributed by atoms with Gasteiger partial charge in [0.2, 0.25) is 5.91 Å². The topological polar surface area (TPSA) is 43.9 Å². The third kappa shape index (κ3) is 4.69. The number of piperazine rings is 1. The molecule has 1 saturated heterocycles. The molecule has 0 N–H and O–H groups in total. The van der Waals surface area contributed by atoms with E-state index in [1.807, 2.05) is 11.0 Å². The minimum absolute atomic E-state index is 0.0326. The summed E-state index contributed by atoms with van der Waals surface area (Å²) >= 11 is 7.84. The first kappa shape index (κ1) is 22.1. The minimum Gasteiger partial charge on any atom is -0.338 e. The largest absolute Gasteiger partial charge is 0.338 e. The summed E-state index contributed by atoms with van der Waals surface area (Å²) < 4.78 is 0. The number of carbonyl (C=O) groups is 2. The molecule has 2 aliphatic rings. The molecule has 0 radical (unpaired) electrons. The van der Waals surface area contributed by atoms with E-state index in [9.17, 15) is 9.59 Å². The van der Waals surface area contributed by atoms with Crippen molar-refractivity contribution in [3.05, 3.63) is 92.6 Å². The third-order valence-electron chi connectivity index (χ3n) is 6.51. The van der Waals surface area contributed by atoms with E-state index in [0.717, 1.165) is 13.0 Å². The van der Waals surface area contributed by atoms with Gasteiger partial charge in [0.05, 0.1) is 12.6 Å². The van der Waals surface area contributed by atoms with Gasteiger partial charge in [-0.1, -0.05) is 48.0 Å². The number of rotatable bonds is 4. The van der Waals surface area contributed by atoms with Gasteiger partial charge >= 0.3 is 0 Å². The predicted octanol–water partition coefficient (Wildman–Crippen LogP) is 4.33. The first-order valence-corrected chi connectivity index (χ1v) is 12.5. The van der Waals surface area contributed by atoms with Crippen LogP contribution in [0.5, 0.6) is 0 Å². The summed E-state index contributed by atoms with van der Waals surface area (Å²) in [5, 5.41) is 2.71. The summed E-state index contributed by atoms with van der Waals surface area (Å²) in [6.45, 7) is 3.43. The van der Waals surface area contributed by atoms with Crippen LogP contribution in [0.2, 0.25) is 5.02 Å². The Hall–Kier alpha value is -2.67. The van der Waals surface area contributed by atoms with Gasteiger partial charge in [0.25, 0.3) is 5.91 Å². The summed E-state index contributed by atoms with van der Waals surface area (Å²) in [4.78, 5) is 33.5. The van der Waals surface area contributed by atoms with Crippen LogP contribution in [0.25, 0.3) is 0 Å². The Kier molecular flexibility index (Phi) is 6.49. The molecule has 2 aliphatic heterocycles. The molecule has 0 aliphatic carbocycles. The number of amides is 2. The number of thiophene rings is 1. The number of nitrogens with zero attached hydrogens (tertiary/aromatic N) is 3. The number of hydrogen-bond acceptors (Lipinski definition) is 4. The van der Waals surface area contributed by atoms with Crippen molar-refractivity contribution >= 4 is 34.8 Å². The van der Waals surface area contributed by atoms with Gasteiger partial charge in [-0.3, -0.25) is 14.5 Å². The maximum absolute atomic E-state index is 13.3. The molecule has 1 aromatic heterocycles. The molecule has 0 bridgehead atoms. The Balaban J connectivity index is 1.24. The molecule has 2 amide bonds. The second-order valence-corrected chi connectivity index (χ2v) is 9.95. The molecule has 7 heteroatoms. The van der Waals surface area contributed by atoms with E-state index in [-0.39, 0.29) is 17.9 Å². The van der Waals surface area contributed by atoms with Crippen molar-refractivity contribution in [3.63, 3.8) is 0 Å². The van der Waals surface area contributed by atoms with Crippen LogP contribution < -0.4 is 0 Å². The second kappa shape index (κ2) is 9.67. The SMILES string of the molecule is O=C(CN1CCc2sccc2[C@H]1c1ccccc1)N1CCN(C(=O)c2cccc(Cl)c2)CC1. The zero-order valence-electron chi connectivity index (χ0n) is 18.3. The van der Waals surface area contributed by atoms with E-state index < -0.39 is 0 Å². The zero-order valence-corrected chi connectivity index (χ0v) is 19.9. The first-order valence-electron chi connectivity index (χ1n) is 11.3. The van der Waals surface area contributed by atoms with Crippen LogP contribution in [0.1, 0.15) is 32.4 Å². The molecule has 5 rings (SSSR count). The van der Waals surface area contributed by atoms with E-state index in [4.69, 9.17) is 11.6 Å². The molecule has 3 aromatic rings. The Labute approximate surface area is 203 Å². The molecule has 170 valence electrons. The average Bonchev–Trinajstić information content (AvgIpc) is 3.33. The quantitative estimate of drug-likeness (QED) is 0.559. The standard InChI is InChI=1S/C26H26ClN3O2S/c27-21-8-4-7-20(17-21)26(32)29-14-12-28(13-15-29)24(31)18-30-11-9-23-22(10-16-33-23)25(30)19-5-2-1-3-6-19/h1-8,10,16-17,25H,9,11-15,18H2/t25-/m1/s1. The molecular formula is C26H26ClN3O2S. The van der Waals surface area contributed by atoms with Crippen molar-refractivity contribution in [1.29, 1.82) is 0 Å². The highest BCUT2D eigenvalue weighted by molar-refractivity contribution is 7.10. The van der Waals surface area contributed by atoms with E-state index in [1.54, 1.807) is 40.5 Å². The van der Waals surface area contributed by atoms with Gasteiger partial charge in [-0.15, -0.1) is 11.3 Å². The average molecular weight is 480 g/mol. The highest BCUT2D eigenvalue weighted by atomic mass is 35.5. The van der Waals surface area contributed by atoms with E-state index in [2.05, 4.69) is 40.6 Å². The number of benzene rings is 2. The molecule has 2 aromatic carbocycles. The smallest absolute Gasteiger partial charge is 0.254 e. The maximum Gasteiger partial charge on any atom is 0.254 e. The predicted molar refractivity (Wildman–Crippen MR) is 132 cm³/mol. The summed E-state index contributed by atoms with van der Waals surface area (Å²) in [5.41, 5.74) is 3.14. The van der Waals surface area contributed by atoms with Crippen LogP contribution in [-0.2, 0) is 11.2 Å². The monoisotopic (exact) mass is 479 g/mol. The Morgan fingerprint density at radius 2 is 1.67 bits per heavy atom. The summed E-state index contributed by atoms with van der Waals surface area (Å²) in [6, 6.07) is 19.8. The van der Waals surface area contributed by atoms with Gasteiger partial charge in [-0.05, 0) is 47.2 Å². The van der Waals surface area contributed by atoms with Crippen molar-refractivity contribution in [2.45, 2.75) is 12.5 Å². The first-order chi connectivity index (χ1) is 16.1. The van der Waals surface area contributed by atoms with Crippen LogP contribution >= 0.6 is 22.9 Å². The summed E-state index contributed by atoms with van der Waals surface area (Å²) in [7, 11) is 0. The van der Waals surface area contributed by atoms with Gasteiger partial charge in [-0.25, -0.2) is 0 Å². The fraction of sp³-hybridized carbons (Fsp3) is 0.308. The molecule has 0 saturated carbocycles. The van der Waals surface area contributed by atoms with E-state index in [1.165, 1.54) is 16.0 Å². The highest BCUT2D eigenvalue weighted by Gasteiger charge is 2.33. The minimum atomic E-state index is -0.0326. The molecule has 33 heavy (non-hydrogen) atoms. The van der Waals surface area contributed by atoms with Gasteiger partial charge < -0.3 is 9.80 Å². The van der Waals surface area contributed by atoms with Gasteiger partial charge in [0.1, 0.15) is 0 Å². The van der Waals surface area contributed by atoms with Crippen molar-refractivity contribution < 1.29 is 9.59 Å². The number of fused-ring (bicyclic) bond motifs is 1. The van der Waals surface area contributed by atoms with E-state index >= 15 is 0 Å². The molecule has 3 heterocycles. The van der Waals surface area contributed by atoms with Crippen molar-refractivity contribution in [2.75, 3.05) is 39.3 Å². The van der Waals surface area contributed by atoms with Crippen LogP contribution in [0.4, 0.5) is 0 Å². The summed E-state index contributed by atoms with van der Waals surface area (Å²) in [5.74, 6) is 0.0965. The fourth-order valence-corrected chi connectivity index (χ4v) is 5.90. The lowest BCUT2D eigenvalue weighted by Crippen LogP contribution is -2.53. The molecule has 0 unspecified atom stereocenters. The van der Waals surface area contributed by atoms with Crippen molar-refractivity contribution in [3.8, 4) is 0 Å². The van der Waals surface area contributed by atoms with E-state index in [0.29, 0.717) is 43.3 Å². The van der Waals surface area contributed by atoms with Crippen molar-refractivity contribution in [1.82, 2.24) is 14.7 Å². The molecular weight excluding hydrogens is 454 g/mol.